The number of rotatable bonds is 5. The molecule has 192 valence electrons. The molecule has 3 atom stereocenters. The van der Waals surface area contributed by atoms with Crippen molar-refractivity contribution in [2.24, 2.45) is 5.92 Å². The predicted octanol–water partition coefficient (Wildman–Crippen LogP) is 2.01. The number of aliphatic hydroxyl groups is 2. The number of nitrogens with zero attached hydrogens (tertiary/aromatic N) is 3. The SMILES string of the molecule is CC(C)NC(=O)N(C)C[C@H]1Oc2ncc(C#CC3(O)CCCC3)cc2C(=O)N([C@H](C)CO)C[C@H]1C. The summed E-state index contributed by atoms with van der Waals surface area (Å²) >= 11 is 0. The second kappa shape index (κ2) is 11.3. The van der Waals surface area contributed by atoms with E-state index in [2.05, 4.69) is 22.1 Å². The average Bonchev–Trinajstić information content (AvgIpc) is 3.25. The van der Waals surface area contributed by atoms with E-state index in [1.807, 2.05) is 20.8 Å². The van der Waals surface area contributed by atoms with E-state index in [1.54, 1.807) is 29.8 Å². The van der Waals surface area contributed by atoms with E-state index in [0.717, 1.165) is 12.8 Å². The molecule has 0 radical (unpaired) electrons. The third-order valence-electron chi connectivity index (χ3n) is 6.60. The van der Waals surface area contributed by atoms with Crippen molar-refractivity contribution in [2.75, 3.05) is 26.7 Å². The van der Waals surface area contributed by atoms with Crippen LogP contribution in [0.4, 0.5) is 4.79 Å². The highest BCUT2D eigenvalue weighted by Crippen LogP contribution is 2.30. The number of nitrogens with one attached hydrogen (secondary N) is 1. The molecule has 0 spiro atoms. The summed E-state index contributed by atoms with van der Waals surface area (Å²) in [5.74, 6) is 5.67. The summed E-state index contributed by atoms with van der Waals surface area (Å²) in [6, 6.07) is 1.02. The molecular weight excluding hydrogens is 448 g/mol. The molecule has 9 nitrogen and oxygen atoms in total. The molecule has 2 aliphatic rings. The van der Waals surface area contributed by atoms with Gasteiger partial charge in [0.15, 0.2) is 0 Å². The minimum atomic E-state index is -0.996. The van der Waals surface area contributed by atoms with Crippen molar-refractivity contribution in [1.29, 1.82) is 0 Å². The molecule has 2 heterocycles. The van der Waals surface area contributed by atoms with Gasteiger partial charge in [0.1, 0.15) is 17.3 Å². The number of carbonyl (C=O) groups excluding carboxylic acids is 2. The highest BCUT2D eigenvalue weighted by Gasteiger charge is 2.35. The normalized spacial score (nSPS) is 22.3. The van der Waals surface area contributed by atoms with Crippen LogP contribution in [0.5, 0.6) is 5.88 Å². The van der Waals surface area contributed by atoms with Crippen LogP contribution in [0.1, 0.15) is 69.3 Å². The van der Waals surface area contributed by atoms with Crippen LogP contribution in [0.25, 0.3) is 0 Å². The summed E-state index contributed by atoms with van der Waals surface area (Å²) in [5.41, 5.74) is -0.234. The van der Waals surface area contributed by atoms with Gasteiger partial charge < -0.3 is 30.1 Å². The van der Waals surface area contributed by atoms with Gasteiger partial charge in [-0.25, -0.2) is 9.78 Å². The monoisotopic (exact) mass is 486 g/mol. The summed E-state index contributed by atoms with van der Waals surface area (Å²) < 4.78 is 6.22. The second-order valence-corrected chi connectivity index (χ2v) is 10.2. The molecule has 3 amide bonds. The van der Waals surface area contributed by atoms with Gasteiger partial charge in [0.2, 0.25) is 5.88 Å². The molecule has 3 rings (SSSR count). The molecule has 0 unspecified atom stereocenters. The van der Waals surface area contributed by atoms with Crippen molar-refractivity contribution in [2.45, 2.75) is 77.2 Å². The lowest BCUT2D eigenvalue weighted by Crippen LogP contribution is -2.51. The lowest BCUT2D eigenvalue weighted by atomic mass is 9.99. The minimum Gasteiger partial charge on any atom is -0.472 e. The Morgan fingerprint density at radius 2 is 2.06 bits per heavy atom. The zero-order valence-electron chi connectivity index (χ0n) is 21.4. The Kier molecular flexibility index (Phi) is 8.62. The Hall–Kier alpha value is -2.83. The minimum absolute atomic E-state index is 0.00311. The summed E-state index contributed by atoms with van der Waals surface area (Å²) in [4.78, 5) is 33.6. The van der Waals surface area contributed by atoms with E-state index in [4.69, 9.17) is 4.74 Å². The Balaban J connectivity index is 1.93. The van der Waals surface area contributed by atoms with E-state index < -0.39 is 17.7 Å². The first-order valence-electron chi connectivity index (χ1n) is 12.4. The summed E-state index contributed by atoms with van der Waals surface area (Å²) in [5, 5.41) is 23.2. The van der Waals surface area contributed by atoms with Crippen molar-refractivity contribution in [3.8, 4) is 17.7 Å². The first kappa shape index (κ1) is 26.8. The number of ether oxygens (including phenoxy) is 1. The van der Waals surface area contributed by atoms with Gasteiger partial charge in [-0.15, -0.1) is 0 Å². The third-order valence-corrected chi connectivity index (χ3v) is 6.60. The number of pyridine rings is 1. The van der Waals surface area contributed by atoms with E-state index in [1.165, 1.54) is 6.20 Å². The van der Waals surface area contributed by atoms with E-state index in [0.29, 0.717) is 31.5 Å². The predicted molar refractivity (Wildman–Crippen MR) is 132 cm³/mol. The van der Waals surface area contributed by atoms with Crippen LogP contribution in [-0.4, -0.2) is 87.5 Å². The number of aliphatic hydroxyl groups excluding tert-OH is 1. The fourth-order valence-corrected chi connectivity index (χ4v) is 4.37. The Labute approximate surface area is 207 Å². The van der Waals surface area contributed by atoms with Crippen molar-refractivity contribution >= 4 is 11.9 Å². The third kappa shape index (κ3) is 6.65. The molecule has 35 heavy (non-hydrogen) atoms. The smallest absolute Gasteiger partial charge is 0.317 e. The van der Waals surface area contributed by atoms with Crippen LogP contribution < -0.4 is 10.1 Å². The van der Waals surface area contributed by atoms with Gasteiger partial charge in [-0.2, -0.15) is 0 Å². The number of aromatic nitrogens is 1. The standard InChI is InChI=1S/C26H38N4O5/c1-17(2)28-25(33)29(5)15-22-18(3)14-30(19(4)16-31)24(32)21-12-20(13-27-23(21)35-22)8-11-26(34)9-6-7-10-26/h12-13,17-19,22,31,34H,6-7,9-10,14-16H2,1-5H3,(H,28,33)/t18-,19-,22-/m1/s1. The fourth-order valence-electron chi connectivity index (χ4n) is 4.37. The van der Waals surface area contributed by atoms with Gasteiger partial charge in [0.05, 0.1) is 19.2 Å². The molecule has 3 N–H and O–H groups in total. The van der Waals surface area contributed by atoms with Crippen LogP contribution in [-0.2, 0) is 0 Å². The molecule has 1 aromatic heterocycles. The van der Waals surface area contributed by atoms with Gasteiger partial charge in [-0.3, -0.25) is 4.79 Å². The maximum Gasteiger partial charge on any atom is 0.317 e. The van der Waals surface area contributed by atoms with Crippen molar-refractivity contribution in [1.82, 2.24) is 20.1 Å². The topological polar surface area (TPSA) is 115 Å². The van der Waals surface area contributed by atoms with Gasteiger partial charge in [0.25, 0.3) is 5.91 Å². The zero-order valence-corrected chi connectivity index (χ0v) is 21.4. The van der Waals surface area contributed by atoms with Gasteiger partial charge in [-0.1, -0.05) is 18.8 Å². The molecule has 0 aromatic carbocycles. The van der Waals surface area contributed by atoms with Crippen molar-refractivity contribution < 1.29 is 24.5 Å². The number of urea groups is 1. The molecule has 1 aliphatic carbocycles. The number of carbonyl (C=O) groups is 2. The van der Waals surface area contributed by atoms with Crippen LogP contribution in [0, 0.1) is 17.8 Å². The molecule has 9 heteroatoms. The number of hydrogen-bond donors (Lipinski definition) is 3. The Morgan fingerprint density at radius 3 is 2.69 bits per heavy atom. The maximum absolute atomic E-state index is 13.5. The number of amides is 3. The fraction of sp³-hybridized carbons (Fsp3) is 0.654. The quantitative estimate of drug-likeness (QED) is 0.549. The number of hydrogen-bond acceptors (Lipinski definition) is 6. The molecule has 0 bridgehead atoms. The molecule has 1 fully saturated rings. The highest BCUT2D eigenvalue weighted by atomic mass is 16.5. The molecular formula is C26H38N4O5. The van der Waals surface area contributed by atoms with Crippen molar-refractivity contribution in [3.63, 3.8) is 0 Å². The van der Waals surface area contributed by atoms with Gasteiger partial charge in [-0.05, 0) is 52.5 Å². The van der Waals surface area contributed by atoms with Crippen LogP contribution in [0.2, 0.25) is 0 Å². The summed E-state index contributed by atoms with van der Waals surface area (Å²) in [6.45, 7) is 7.99. The van der Waals surface area contributed by atoms with Crippen LogP contribution >= 0.6 is 0 Å². The Bertz CT molecular complexity index is 980. The zero-order chi connectivity index (χ0) is 25.8. The largest absolute Gasteiger partial charge is 0.472 e. The summed E-state index contributed by atoms with van der Waals surface area (Å²) in [7, 11) is 1.70. The van der Waals surface area contributed by atoms with Crippen LogP contribution in [0.3, 0.4) is 0 Å². The first-order chi connectivity index (χ1) is 16.5. The summed E-state index contributed by atoms with van der Waals surface area (Å²) in [6.07, 6.45) is 4.27. The van der Waals surface area contributed by atoms with Gasteiger partial charge >= 0.3 is 6.03 Å². The second-order valence-electron chi connectivity index (χ2n) is 10.2. The lowest BCUT2D eigenvalue weighted by molar-refractivity contribution is 0.0351. The average molecular weight is 487 g/mol. The van der Waals surface area contributed by atoms with Crippen molar-refractivity contribution in [3.05, 3.63) is 23.4 Å². The van der Waals surface area contributed by atoms with E-state index in [9.17, 15) is 19.8 Å². The van der Waals surface area contributed by atoms with E-state index >= 15 is 0 Å². The Morgan fingerprint density at radius 1 is 1.37 bits per heavy atom. The van der Waals surface area contributed by atoms with Gasteiger partial charge in [0, 0.05) is 37.3 Å². The van der Waals surface area contributed by atoms with Crippen LogP contribution in [0.15, 0.2) is 12.3 Å². The molecule has 0 saturated heterocycles. The first-order valence-corrected chi connectivity index (χ1v) is 12.4. The number of fused-ring (bicyclic) bond motifs is 1. The number of likely N-dealkylation sites (N-methyl/N-ethyl adjacent to an activating group) is 1. The van der Waals surface area contributed by atoms with E-state index in [-0.39, 0.29) is 41.9 Å². The molecule has 1 aromatic rings. The maximum atomic E-state index is 13.5. The molecule has 1 saturated carbocycles. The lowest BCUT2D eigenvalue weighted by Gasteiger charge is -2.37. The molecule has 1 aliphatic heterocycles. The highest BCUT2D eigenvalue weighted by molar-refractivity contribution is 5.97.